The van der Waals surface area contributed by atoms with Crippen molar-refractivity contribution in [3.05, 3.63) is 11.6 Å². The Balaban J connectivity index is 3.88. The van der Waals surface area contributed by atoms with Gasteiger partial charge in [0.15, 0.2) is 11.5 Å². The summed E-state index contributed by atoms with van der Waals surface area (Å²) in [6.45, 7) is 14.6. The fourth-order valence-electron chi connectivity index (χ4n) is 2.85. The number of benzene rings is 1. The summed E-state index contributed by atoms with van der Waals surface area (Å²) in [7, 11) is 0. The number of hydrogen-bond donors (Lipinski definition) is 0. The molecule has 0 radical (unpaired) electrons. The molecule has 0 saturated carbocycles. The van der Waals surface area contributed by atoms with Crippen LogP contribution in [0.4, 0.5) is 0 Å². The molecule has 0 fully saturated rings. The highest BCUT2D eigenvalue weighted by molar-refractivity contribution is 5.90. The third kappa shape index (κ3) is 9.06. The number of rotatable bonds is 18. The van der Waals surface area contributed by atoms with Crippen molar-refractivity contribution < 1.29 is 33.2 Å². The van der Waals surface area contributed by atoms with Crippen molar-refractivity contribution in [1.29, 1.82) is 0 Å². The second-order valence-electron chi connectivity index (χ2n) is 7.39. The summed E-state index contributed by atoms with van der Waals surface area (Å²) >= 11 is 0. The first-order valence-electron chi connectivity index (χ1n) is 12.3. The number of hydrogen-bond acceptors (Lipinski definition) is 7. The third-order valence-electron chi connectivity index (χ3n) is 4.24. The van der Waals surface area contributed by atoms with Crippen LogP contribution in [-0.2, 0) is 9.53 Å². The molecule has 0 aliphatic heterocycles. The molecule has 1 rings (SSSR count). The highest BCUT2D eigenvalue weighted by Gasteiger charge is 2.29. The lowest BCUT2D eigenvalue weighted by Crippen LogP contribution is -2.11. The first-order valence-corrected chi connectivity index (χ1v) is 12.3. The first-order chi connectivity index (χ1) is 16.1. The van der Waals surface area contributed by atoms with Crippen LogP contribution in [-0.4, -0.2) is 45.6 Å². The minimum Gasteiger partial charge on any atom is -0.489 e. The lowest BCUT2D eigenvalue weighted by molar-refractivity contribution is -0.137. The summed E-state index contributed by atoms with van der Waals surface area (Å²) in [5.41, 5.74) is 0.575. The minimum absolute atomic E-state index is 0.293. The van der Waals surface area contributed by atoms with E-state index in [4.69, 9.17) is 28.4 Å². The molecule has 1 aromatic rings. The Labute approximate surface area is 199 Å². The van der Waals surface area contributed by atoms with Gasteiger partial charge in [0.05, 0.1) is 45.2 Å². The summed E-state index contributed by atoms with van der Waals surface area (Å²) < 4.78 is 35.9. The molecule has 0 aromatic heterocycles. The van der Waals surface area contributed by atoms with Gasteiger partial charge in [0.25, 0.3) is 0 Å². The van der Waals surface area contributed by atoms with Crippen LogP contribution < -0.4 is 23.7 Å². The molecular weight excluding hydrogens is 424 g/mol. The maximum atomic E-state index is 12.1. The van der Waals surface area contributed by atoms with Crippen molar-refractivity contribution >= 4 is 12.0 Å². The van der Waals surface area contributed by atoms with Crippen LogP contribution in [0.15, 0.2) is 6.08 Å². The van der Waals surface area contributed by atoms with E-state index >= 15 is 0 Å². The topological polar surface area (TPSA) is 72.5 Å². The smallest absolute Gasteiger partial charge is 0.330 e. The second kappa shape index (κ2) is 17.0. The van der Waals surface area contributed by atoms with Gasteiger partial charge in [0.2, 0.25) is 17.2 Å². The largest absolute Gasteiger partial charge is 0.489 e. The zero-order chi connectivity index (χ0) is 24.5. The van der Waals surface area contributed by atoms with Gasteiger partial charge < -0.3 is 28.4 Å². The van der Waals surface area contributed by atoms with Gasteiger partial charge in [-0.25, -0.2) is 4.79 Å². The minimum atomic E-state index is -0.446. The molecule has 0 unspecified atom stereocenters. The van der Waals surface area contributed by atoms with E-state index in [1.165, 1.54) is 6.08 Å². The van der Waals surface area contributed by atoms with E-state index in [0.717, 1.165) is 32.1 Å². The summed E-state index contributed by atoms with van der Waals surface area (Å²) in [4.78, 5) is 12.1. The second-order valence-corrected chi connectivity index (χ2v) is 7.39. The number of ether oxygens (including phenoxy) is 6. The van der Waals surface area contributed by atoms with Crippen LogP contribution in [0, 0.1) is 0 Å². The molecule has 0 heterocycles. The molecule has 0 aliphatic carbocycles. The predicted molar refractivity (Wildman–Crippen MR) is 131 cm³/mol. The predicted octanol–water partition coefficient (Wildman–Crippen LogP) is 6.21. The van der Waals surface area contributed by atoms with E-state index in [1.807, 2.05) is 34.6 Å². The molecule has 0 saturated heterocycles. The fourth-order valence-corrected chi connectivity index (χ4v) is 2.85. The van der Waals surface area contributed by atoms with E-state index in [-0.39, 0.29) is 0 Å². The van der Waals surface area contributed by atoms with E-state index in [1.54, 1.807) is 13.0 Å². The molecule has 33 heavy (non-hydrogen) atoms. The fraction of sp³-hybridized carbons (Fsp3) is 0.654. The standard InChI is InChI=1S/C26H42O7/c1-7-15-29-22-20(13-14-21(27)28-12-6)23(30-16-8-2)25(32-18-10-4)26(33-19-11-5)24(22)31-17-9-3/h13-14H,7-12,15-19H2,1-6H3. The average molecular weight is 467 g/mol. The lowest BCUT2D eigenvalue weighted by Gasteiger charge is -2.25. The molecule has 0 spiro atoms. The van der Waals surface area contributed by atoms with Crippen molar-refractivity contribution in [2.45, 2.75) is 73.6 Å². The van der Waals surface area contributed by atoms with Crippen molar-refractivity contribution in [1.82, 2.24) is 0 Å². The summed E-state index contributed by atoms with van der Waals surface area (Å²) in [5, 5.41) is 0. The molecule has 0 bridgehead atoms. The van der Waals surface area contributed by atoms with E-state index in [9.17, 15) is 4.79 Å². The van der Waals surface area contributed by atoms with E-state index in [0.29, 0.717) is 74.0 Å². The Kier molecular flexibility index (Phi) is 14.6. The molecule has 0 amide bonds. The zero-order valence-electron chi connectivity index (χ0n) is 21.3. The highest BCUT2D eigenvalue weighted by atomic mass is 16.6. The van der Waals surface area contributed by atoms with Gasteiger partial charge in [-0.1, -0.05) is 34.6 Å². The molecular formula is C26H42O7. The van der Waals surface area contributed by atoms with Gasteiger partial charge in [0, 0.05) is 6.08 Å². The van der Waals surface area contributed by atoms with Crippen LogP contribution >= 0.6 is 0 Å². The Morgan fingerprint density at radius 2 is 0.909 bits per heavy atom. The molecule has 0 atom stereocenters. The van der Waals surface area contributed by atoms with Gasteiger partial charge in [-0.3, -0.25) is 0 Å². The van der Waals surface area contributed by atoms with Gasteiger partial charge in [-0.05, 0) is 45.1 Å². The number of esters is 1. The Bertz CT molecular complexity index is 687. The van der Waals surface area contributed by atoms with Crippen LogP contribution in [0.5, 0.6) is 28.7 Å². The summed E-state index contributed by atoms with van der Waals surface area (Å²) in [6, 6.07) is 0. The monoisotopic (exact) mass is 466 g/mol. The lowest BCUT2D eigenvalue weighted by atomic mass is 10.1. The van der Waals surface area contributed by atoms with Crippen molar-refractivity contribution in [3.63, 3.8) is 0 Å². The SMILES string of the molecule is CCCOc1c(C=CC(=O)OCC)c(OCCC)c(OCCC)c(OCCC)c1OCCC. The maximum absolute atomic E-state index is 12.1. The van der Waals surface area contributed by atoms with Crippen LogP contribution in [0.25, 0.3) is 6.08 Å². The normalized spacial score (nSPS) is 10.8. The average Bonchev–Trinajstić information content (AvgIpc) is 2.81. The Hall–Kier alpha value is -2.57. The van der Waals surface area contributed by atoms with Crippen molar-refractivity contribution in [2.75, 3.05) is 39.6 Å². The molecule has 0 aliphatic rings. The van der Waals surface area contributed by atoms with Crippen molar-refractivity contribution in [2.24, 2.45) is 0 Å². The third-order valence-corrected chi connectivity index (χ3v) is 4.24. The molecule has 1 aromatic carbocycles. The highest BCUT2D eigenvalue weighted by Crippen LogP contribution is 2.54. The first kappa shape index (κ1) is 28.5. The van der Waals surface area contributed by atoms with Crippen molar-refractivity contribution in [3.8, 4) is 28.7 Å². The molecule has 0 N–H and O–H groups in total. The van der Waals surface area contributed by atoms with Gasteiger partial charge in [-0.2, -0.15) is 0 Å². The Morgan fingerprint density at radius 1 is 0.576 bits per heavy atom. The number of carbonyl (C=O) groups excluding carboxylic acids is 1. The van der Waals surface area contributed by atoms with Gasteiger partial charge >= 0.3 is 5.97 Å². The van der Waals surface area contributed by atoms with E-state index < -0.39 is 5.97 Å². The molecule has 7 nitrogen and oxygen atoms in total. The van der Waals surface area contributed by atoms with Crippen LogP contribution in [0.2, 0.25) is 0 Å². The quantitative estimate of drug-likeness (QED) is 0.188. The maximum Gasteiger partial charge on any atom is 0.330 e. The van der Waals surface area contributed by atoms with E-state index in [2.05, 4.69) is 0 Å². The summed E-state index contributed by atoms with van der Waals surface area (Å²) in [6.07, 6.45) is 7.07. The molecule has 7 heteroatoms. The van der Waals surface area contributed by atoms with Crippen LogP contribution in [0.1, 0.15) is 79.2 Å². The number of carbonyl (C=O) groups is 1. The molecule has 188 valence electrons. The van der Waals surface area contributed by atoms with Gasteiger partial charge in [0.1, 0.15) is 0 Å². The van der Waals surface area contributed by atoms with Crippen LogP contribution in [0.3, 0.4) is 0 Å². The van der Waals surface area contributed by atoms with Gasteiger partial charge in [-0.15, -0.1) is 0 Å². The zero-order valence-corrected chi connectivity index (χ0v) is 21.3. The summed E-state index contributed by atoms with van der Waals surface area (Å²) in [5.74, 6) is 1.93. The Morgan fingerprint density at radius 3 is 1.24 bits per heavy atom.